The Morgan fingerprint density at radius 3 is 3.00 bits per heavy atom. The molecule has 82 valence electrons. The van der Waals surface area contributed by atoms with Crippen LogP contribution in [-0.4, -0.2) is 13.2 Å². The third kappa shape index (κ3) is 2.19. The van der Waals surface area contributed by atoms with E-state index in [0.717, 1.165) is 30.9 Å². The third-order valence-corrected chi connectivity index (χ3v) is 2.69. The smallest absolute Gasteiger partial charge is 0.198 e. The zero-order chi connectivity index (χ0) is 10.7. The van der Waals surface area contributed by atoms with Gasteiger partial charge in [0.15, 0.2) is 5.22 Å². The summed E-state index contributed by atoms with van der Waals surface area (Å²) in [5.74, 6) is 0.945. The minimum Gasteiger partial charge on any atom is -0.496 e. The molecule has 0 aromatic carbocycles. The van der Waals surface area contributed by atoms with Gasteiger partial charge in [-0.1, -0.05) is 6.92 Å². The molecule has 1 aromatic rings. The Bertz CT molecular complexity index is 359. The topological polar surface area (TPSA) is 34.4 Å². The Morgan fingerprint density at radius 2 is 2.47 bits per heavy atom. The summed E-state index contributed by atoms with van der Waals surface area (Å²) in [4.78, 5) is 0. The molecule has 0 bridgehead atoms. The molecule has 0 aliphatic carbocycles. The van der Waals surface area contributed by atoms with Crippen LogP contribution < -0.4 is 5.32 Å². The van der Waals surface area contributed by atoms with Crippen LogP contribution in [0.5, 0.6) is 0 Å². The van der Waals surface area contributed by atoms with E-state index in [1.807, 2.05) is 6.07 Å². The van der Waals surface area contributed by atoms with Gasteiger partial charge in [0.1, 0.15) is 5.76 Å². The third-order valence-electron chi connectivity index (χ3n) is 2.38. The van der Waals surface area contributed by atoms with Crippen molar-refractivity contribution in [3.8, 4) is 0 Å². The average molecular weight is 228 g/mol. The lowest BCUT2D eigenvalue weighted by molar-refractivity contribution is 0.216. The summed E-state index contributed by atoms with van der Waals surface area (Å²) >= 11 is 5.96. The van der Waals surface area contributed by atoms with Crippen molar-refractivity contribution in [3.63, 3.8) is 0 Å². The molecule has 1 unspecified atom stereocenters. The predicted molar refractivity (Wildman–Crippen MR) is 58.8 cm³/mol. The van der Waals surface area contributed by atoms with Crippen LogP contribution in [-0.2, 0) is 4.74 Å². The fourth-order valence-corrected chi connectivity index (χ4v) is 1.94. The van der Waals surface area contributed by atoms with Crippen LogP contribution >= 0.6 is 11.6 Å². The number of nitrogens with one attached hydrogen (secondary N) is 1. The molecule has 15 heavy (non-hydrogen) atoms. The zero-order valence-electron chi connectivity index (χ0n) is 8.63. The molecule has 0 amide bonds. The number of hydrogen-bond donors (Lipinski definition) is 1. The van der Waals surface area contributed by atoms with Crippen molar-refractivity contribution in [2.24, 2.45) is 0 Å². The maximum absolute atomic E-state index is 5.96. The molecular formula is C11H14ClNO2. The molecule has 4 heteroatoms. The van der Waals surface area contributed by atoms with E-state index in [-0.39, 0.29) is 6.04 Å². The van der Waals surface area contributed by atoms with E-state index < -0.39 is 0 Å². The van der Waals surface area contributed by atoms with Crippen molar-refractivity contribution in [2.75, 3.05) is 13.2 Å². The summed E-state index contributed by atoms with van der Waals surface area (Å²) < 4.78 is 10.6. The second-order valence-corrected chi connectivity index (χ2v) is 3.73. The second kappa shape index (κ2) is 4.73. The van der Waals surface area contributed by atoms with Gasteiger partial charge >= 0.3 is 0 Å². The van der Waals surface area contributed by atoms with Crippen LogP contribution in [0.4, 0.5) is 0 Å². The van der Waals surface area contributed by atoms with Gasteiger partial charge in [-0.2, -0.15) is 0 Å². The van der Waals surface area contributed by atoms with Gasteiger partial charge in [0.2, 0.25) is 0 Å². The fraction of sp³-hybridized carbons (Fsp3) is 0.455. The molecule has 0 radical (unpaired) electrons. The standard InChI is InChI=1S/C11H14ClNO2/c1-2-13-10(9-4-3-6-14-9)8-5-7-15-11(8)12/h4-5,7,10,13H,2-3,6H2,1H3. The molecular weight excluding hydrogens is 214 g/mol. The summed E-state index contributed by atoms with van der Waals surface area (Å²) in [6.45, 7) is 3.66. The van der Waals surface area contributed by atoms with Crippen LogP contribution in [0.15, 0.2) is 28.6 Å². The minimum atomic E-state index is 0.0174. The lowest BCUT2D eigenvalue weighted by Crippen LogP contribution is -2.22. The summed E-state index contributed by atoms with van der Waals surface area (Å²) in [5.41, 5.74) is 0.937. The van der Waals surface area contributed by atoms with Crippen molar-refractivity contribution < 1.29 is 9.15 Å². The first kappa shape index (κ1) is 10.6. The monoisotopic (exact) mass is 227 g/mol. The Balaban J connectivity index is 2.23. The highest BCUT2D eigenvalue weighted by atomic mass is 35.5. The summed E-state index contributed by atoms with van der Waals surface area (Å²) in [7, 11) is 0. The normalized spacial score (nSPS) is 17.3. The van der Waals surface area contributed by atoms with Crippen LogP contribution in [0.3, 0.4) is 0 Å². The second-order valence-electron chi connectivity index (χ2n) is 3.38. The number of halogens is 1. The van der Waals surface area contributed by atoms with Crippen molar-refractivity contribution >= 4 is 11.6 Å². The van der Waals surface area contributed by atoms with Crippen molar-refractivity contribution in [1.82, 2.24) is 5.32 Å². The first-order chi connectivity index (χ1) is 7.33. The Labute approximate surface area is 94.1 Å². The highest BCUT2D eigenvalue weighted by Crippen LogP contribution is 2.31. The van der Waals surface area contributed by atoms with Crippen LogP contribution in [0.25, 0.3) is 0 Å². The SMILES string of the molecule is CCNC(C1=CCCO1)c1ccoc1Cl. The number of furan rings is 1. The fourth-order valence-electron chi connectivity index (χ4n) is 1.72. The molecule has 2 rings (SSSR count). The van der Waals surface area contributed by atoms with E-state index in [9.17, 15) is 0 Å². The maximum atomic E-state index is 5.96. The summed E-state index contributed by atoms with van der Waals surface area (Å²) in [6.07, 6.45) is 4.65. The average Bonchev–Trinajstić information content (AvgIpc) is 2.85. The van der Waals surface area contributed by atoms with E-state index >= 15 is 0 Å². The lowest BCUT2D eigenvalue weighted by atomic mass is 10.1. The minimum absolute atomic E-state index is 0.0174. The van der Waals surface area contributed by atoms with Gasteiger partial charge < -0.3 is 14.5 Å². The van der Waals surface area contributed by atoms with E-state index in [0.29, 0.717) is 5.22 Å². The van der Waals surface area contributed by atoms with Crippen molar-refractivity contribution in [1.29, 1.82) is 0 Å². The first-order valence-electron chi connectivity index (χ1n) is 5.12. The highest BCUT2D eigenvalue weighted by molar-refractivity contribution is 6.29. The van der Waals surface area contributed by atoms with Crippen molar-refractivity contribution in [3.05, 3.63) is 34.9 Å². The molecule has 1 aliphatic heterocycles. The van der Waals surface area contributed by atoms with E-state index in [2.05, 4.69) is 18.3 Å². The Hall–Kier alpha value is -0.930. The molecule has 0 saturated heterocycles. The van der Waals surface area contributed by atoms with Crippen LogP contribution in [0.2, 0.25) is 5.22 Å². The molecule has 1 aromatic heterocycles. The van der Waals surface area contributed by atoms with Crippen LogP contribution in [0.1, 0.15) is 24.9 Å². The molecule has 2 heterocycles. The molecule has 1 aliphatic rings. The van der Waals surface area contributed by atoms with Crippen molar-refractivity contribution in [2.45, 2.75) is 19.4 Å². The summed E-state index contributed by atoms with van der Waals surface area (Å²) in [6, 6.07) is 1.89. The lowest BCUT2D eigenvalue weighted by Gasteiger charge is -2.17. The van der Waals surface area contributed by atoms with E-state index in [1.54, 1.807) is 6.26 Å². The quantitative estimate of drug-likeness (QED) is 0.859. The molecule has 0 saturated carbocycles. The number of likely N-dealkylation sites (N-methyl/N-ethyl adjacent to an activating group) is 1. The van der Waals surface area contributed by atoms with Gasteiger partial charge in [0, 0.05) is 12.0 Å². The van der Waals surface area contributed by atoms with Gasteiger partial charge in [0.25, 0.3) is 0 Å². The van der Waals surface area contributed by atoms with E-state index in [4.69, 9.17) is 20.8 Å². The summed E-state index contributed by atoms with van der Waals surface area (Å²) in [5, 5.41) is 3.76. The predicted octanol–water partition coefficient (Wildman–Crippen LogP) is 2.89. The molecule has 1 atom stereocenters. The Kier molecular flexibility index (Phi) is 3.34. The largest absolute Gasteiger partial charge is 0.496 e. The molecule has 3 nitrogen and oxygen atoms in total. The number of rotatable bonds is 4. The van der Waals surface area contributed by atoms with Gasteiger partial charge in [0.05, 0.1) is 18.9 Å². The van der Waals surface area contributed by atoms with Gasteiger partial charge in [-0.05, 0) is 30.3 Å². The number of hydrogen-bond acceptors (Lipinski definition) is 3. The first-order valence-corrected chi connectivity index (χ1v) is 5.50. The Morgan fingerprint density at radius 1 is 1.60 bits per heavy atom. The zero-order valence-corrected chi connectivity index (χ0v) is 9.38. The van der Waals surface area contributed by atoms with Crippen LogP contribution in [0, 0.1) is 0 Å². The molecule has 1 N–H and O–H groups in total. The van der Waals surface area contributed by atoms with Gasteiger partial charge in [-0.3, -0.25) is 0 Å². The highest BCUT2D eigenvalue weighted by Gasteiger charge is 2.23. The van der Waals surface area contributed by atoms with Gasteiger partial charge in [-0.15, -0.1) is 0 Å². The van der Waals surface area contributed by atoms with E-state index in [1.165, 1.54) is 0 Å². The van der Waals surface area contributed by atoms with Gasteiger partial charge in [-0.25, -0.2) is 0 Å². The number of ether oxygens (including phenoxy) is 1. The molecule has 0 fully saturated rings. The maximum Gasteiger partial charge on any atom is 0.198 e. The molecule has 0 spiro atoms.